The second kappa shape index (κ2) is 6.09. The second-order valence-electron chi connectivity index (χ2n) is 6.14. The topological polar surface area (TPSA) is 33.1 Å². The SMILES string of the molecule is Cc1cc(-c2c(CO)c(C(C)C)nc3ccccc23)ccc1F. The molecule has 3 heteroatoms. The van der Waals surface area contributed by atoms with Crippen molar-refractivity contribution in [2.24, 2.45) is 0 Å². The third kappa shape index (κ3) is 2.73. The van der Waals surface area contributed by atoms with Crippen molar-refractivity contribution in [1.29, 1.82) is 0 Å². The van der Waals surface area contributed by atoms with E-state index in [-0.39, 0.29) is 18.3 Å². The molecule has 0 saturated carbocycles. The van der Waals surface area contributed by atoms with Crippen LogP contribution in [0.2, 0.25) is 0 Å². The number of pyridine rings is 1. The van der Waals surface area contributed by atoms with Gasteiger partial charge in [-0.05, 0) is 47.7 Å². The molecule has 118 valence electrons. The molecule has 3 aromatic rings. The Hall–Kier alpha value is -2.26. The molecule has 3 rings (SSSR count). The van der Waals surface area contributed by atoms with Gasteiger partial charge in [-0.1, -0.05) is 38.1 Å². The van der Waals surface area contributed by atoms with E-state index in [9.17, 15) is 9.50 Å². The summed E-state index contributed by atoms with van der Waals surface area (Å²) in [7, 11) is 0. The van der Waals surface area contributed by atoms with Gasteiger partial charge in [0, 0.05) is 16.6 Å². The molecule has 0 aliphatic heterocycles. The number of para-hydroxylation sites is 1. The van der Waals surface area contributed by atoms with Gasteiger partial charge in [0.05, 0.1) is 12.1 Å². The summed E-state index contributed by atoms with van der Waals surface area (Å²) in [6, 6.07) is 13.0. The Balaban J connectivity index is 2.42. The monoisotopic (exact) mass is 309 g/mol. The van der Waals surface area contributed by atoms with Crippen LogP contribution >= 0.6 is 0 Å². The number of hydrogen-bond donors (Lipinski definition) is 1. The average molecular weight is 309 g/mol. The quantitative estimate of drug-likeness (QED) is 0.741. The molecule has 2 aromatic carbocycles. The summed E-state index contributed by atoms with van der Waals surface area (Å²) in [5.74, 6) is -0.0243. The number of halogens is 1. The minimum absolute atomic E-state index is 0.0862. The van der Waals surface area contributed by atoms with E-state index in [4.69, 9.17) is 4.98 Å². The highest BCUT2D eigenvalue weighted by Crippen LogP contribution is 2.36. The number of aryl methyl sites for hydroxylation is 1. The van der Waals surface area contributed by atoms with E-state index in [1.165, 1.54) is 6.07 Å². The Kier molecular flexibility index (Phi) is 4.14. The first-order chi connectivity index (χ1) is 11.0. The molecule has 0 fully saturated rings. The zero-order valence-electron chi connectivity index (χ0n) is 13.6. The highest BCUT2D eigenvalue weighted by atomic mass is 19.1. The molecular weight excluding hydrogens is 289 g/mol. The maximum absolute atomic E-state index is 13.7. The fourth-order valence-corrected chi connectivity index (χ4v) is 3.04. The predicted molar refractivity (Wildman–Crippen MR) is 91.9 cm³/mol. The molecule has 0 saturated heterocycles. The minimum atomic E-state index is -0.221. The number of rotatable bonds is 3. The van der Waals surface area contributed by atoms with Crippen LogP contribution in [0.15, 0.2) is 42.5 Å². The fraction of sp³-hybridized carbons (Fsp3) is 0.250. The van der Waals surface area contributed by atoms with Crippen LogP contribution in [0.3, 0.4) is 0 Å². The molecule has 0 bridgehead atoms. The Morgan fingerprint density at radius 3 is 2.52 bits per heavy atom. The van der Waals surface area contributed by atoms with Gasteiger partial charge in [0.15, 0.2) is 0 Å². The predicted octanol–water partition coefficient (Wildman–Crippen LogP) is 4.97. The number of aliphatic hydroxyl groups is 1. The van der Waals surface area contributed by atoms with Crippen molar-refractivity contribution in [2.45, 2.75) is 33.3 Å². The van der Waals surface area contributed by atoms with Crippen LogP contribution in [0, 0.1) is 12.7 Å². The van der Waals surface area contributed by atoms with Gasteiger partial charge in [0.2, 0.25) is 0 Å². The number of fused-ring (bicyclic) bond motifs is 1. The lowest BCUT2D eigenvalue weighted by Crippen LogP contribution is -2.04. The molecule has 1 N–H and O–H groups in total. The Labute approximate surface area is 135 Å². The van der Waals surface area contributed by atoms with Crippen LogP contribution < -0.4 is 0 Å². The van der Waals surface area contributed by atoms with Gasteiger partial charge in [-0.25, -0.2) is 4.39 Å². The van der Waals surface area contributed by atoms with Crippen LogP contribution in [0.1, 0.15) is 36.6 Å². The van der Waals surface area contributed by atoms with Crippen LogP contribution in [0.4, 0.5) is 4.39 Å². The molecule has 0 atom stereocenters. The standard InChI is InChI=1S/C20H20FNO/c1-12(2)20-16(11-23)19(14-8-9-17(21)13(3)10-14)15-6-4-5-7-18(15)22-20/h4-10,12,23H,11H2,1-3H3. The van der Waals surface area contributed by atoms with E-state index in [2.05, 4.69) is 13.8 Å². The normalized spacial score (nSPS) is 11.4. The van der Waals surface area contributed by atoms with Gasteiger partial charge < -0.3 is 5.11 Å². The molecule has 23 heavy (non-hydrogen) atoms. The zero-order chi connectivity index (χ0) is 16.6. The van der Waals surface area contributed by atoms with E-state index in [0.717, 1.165) is 33.3 Å². The molecule has 2 nitrogen and oxygen atoms in total. The molecule has 0 radical (unpaired) electrons. The van der Waals surface area contributed by atoms with Gasteiger partial charge in [0.25, 0.3) is 0 Å². The maximum atomic E-state index is 13.7. The van der Waals surface area contributed by atoms with Crippen molar-refractivity contribution in [3.8, 4) is 11.1 Å². The lowest BCUT2D eigenvalue weighted by molar-refractivity contribution is 0.280. The lowest BCUT2D eigenvalue weighted by atomic mass is 9.90. The largest absolute Gasteiger partial charge is 0.392 e. The Morgan fingerprint density at radius 2 is 1.87 bits per heavy atom. The van der Waals surface area contributed by atoms with Crippen molar-refractivity contribution < 1.29 is 9.50 Å². The van der Waals surface area contributed by atoms with E-state index >= 15 is 0 Å². The molecule has 0 aliphatic rings. The van der Waals surface area contributed by atoms with Gasteiger partial charge >= 0.3 is 0 Å². The minimum Gasteiger partial charge on any atom is -0.392 e. The van der Waals surface area contributed by atoms with Crippen molar-refractivity contribution >= 4 is 10.9 Å². The van der Waals surface area contributed by atoms with Crippen LogP contribution in [0.25, 0.3) is 22.0 Å². The molecule has 0 aliphatic carbocycles. The second-order valence-corrected chi connectivity index (χ2v) is 6.14. The first-order valence-corrected chi connectivity index (χ1v) is 7.81. The highest BCUT2D eigenvalue weighted by Gasteiger charge is 2.18. The third-order valence-electron chi connectivity index (χ3n) is 4.18. The van der Waals surface area contributed by atoms with Gasteiger partial charge in [-0.3, -0.25) is 4.98 Å². The third-order valence-corrected chi connectivity index (χ3v) is 4.18. The van der Waals surface area contributed by atoms with Crippen molar-refractivity contribution in [2.75, 3.05) is 0 Å². The first-order valence-electron chi connectivity index (χ1n) is 7.81. The van der Waals surface area contributed by atoms with Crippen molar-refractivity contribution in [1.82, 2.24) is 4.98 Å². The van der Waals surface area contributed by atoms with Crippen LogP contribution in [-0.2, 0) is 6.61 Å². The van der Waals surface area contributed by atoms with Gasteiger partial charge in [0.1, 0.15) is 5.82 Å². The average Bonchev–Trinajstić information content (AvgIpc) is 2.55. The highest BCUT2D eigenvalue weighted by molar-refractivity contribution is 5.96. The number of hydrogen-bond acceptors (Lipinski definition) is 2. The van der Waals surface area contributed by atoms with Crippen molar-refractivity contribution in [3.63, 3.8) is 0 Å². The lowest BCUT2D eigenvalue weighted by Gasteiger charge is -2.18. The molecule has 0 amide bonds. The summed E-state index contributed by atoms with van der Waals surface area (Å²) in [5, 5.41) is 11.0. The number of aromatic nitrogens is 1. The molecule has 0 unspecified atom stereocenters. The summed E-state index contributed by atoms with van der Waals surface area (Å²) in [4.78, 5) is 4.74. The maximum Gasteiger partial charge on any atom is 0.126 e. The molecular formula is C20H20FNO. The Morgan fingerprint density at radius 1 is 1.13 bits per heavy atom. The Bertz CT molecular complexity index is 871. The van der Waals surface area contributed by atoms with Crippen molar-refractivity contribution in [3.05, 3.63) is 65.1 Å². The van der Waals surface area contributed by atoms with E-state index in [1.807, 2.05) is 30.3 Å². The summed E-state index contributed by atoms with van der Waals surface area (Å²) in [6.45, 7) is 5.80. The van der Waals surface area contributed by atoms with E-state index in [1.54, 1.807) is 13.0 Å². The summed E-state index contributed by atoms with van der Waals surface area (Å²) in [6.07, 6.45) is 0. The molecule has 0 spiro atoms. The summed E-state index contributed by atoms with van der Waals surface area (Å²) in [5.41, 5.74) is 5.06. The number of benzene rings is 2. The smallest absolute Gasteiger partial charge is 0.126 e. The first kappa shape index (κ1) is 15.6. The summed E-state index contributed by atoms with van der Waals surface area (Å²) >= 11 is 0. The summed E-state index contributed by atoms with van der Waals surface area (Å²) < 4.78 is 13.7. The van der Waals surface area contributed by atoms with E-state index in [0.29, 0.717) is 5.56 Å². The zero-order valence-corrected chi connectivity index (χ0v) is 13.6. The fourth-order valence-electron chi connectivity index (χ4n) is 3.04. The van der Waals surface area contributed by atoms with Gasteiger partial charge in [-0.15, -0.1) is 0 Å². The number of nitrogens with zero attached hydrogens (tertiary/aromatic N) is 1. The van der Waals surface area contributed by atoms with Crippen LogP contribution in [0.5, 0.6) is 0 Å². The van der Waals surface area contributed by atoms with Crippen LogP contribution in [-0.4, -0.2) is 10.1 Å². The van der Waals surface area contributed by atoms with Gasteiger partial charge in [-0.2, -0.15) is 0 Å². The molecule has 1 heterocycles. The molecule has 1 aromatic heterocycles. The number of aliphatic hydroxyl groups excluding tert-OH is 1. The van der Waals surface area contributed by atoms with E-state index < -0.39 is 0 Å².